The molecule has 24 heavy (non-hydrogen) atoms. The zero-order valence-corrected chi connectivity index (χ0v) is 15.1. The molecular formula is C19H21NO3S. The fraction of sp³-hybridized carbons (Fsp3) is 0.263. The maximum absolute atomic E-state index is 12.0. The number of ether oxygens (including phenoxy) is 1. The lowest BCUT2D eigenvalue weighted by Gasteiger charge is -2.18. The van der Waals surface area contributed by atoms with Crippen LogP contribution in [0.5, 0.6) is 0 Å². The highest BCUT2D eigenvalue weighted by Gasteiger charge is 2.15. The summed E-state index contributed by atoms with van der Waals surface area (Å²) in [6.45, 7) is 6.47. The first kappa shape index (κ1) is 17.9. The van der Waals surface area contributed by atoms with E-state index in [0.717, 1.165) is 5.56 Å². The Labute approximate surface area is 146 Å². The molecule has 5 heteroatoms. The van der Waals surface area contributed by atoms with E-state index in [-0.39, 0.29) is 11.3 Å². The molecule has 4 nitrogen and oxygen atoms in total. The van der Waals surface area contributed by atoms with Crippen LogP contribution in [0.25, 0.3) is 6.08 Å². The fourth-order valence-electron chi connectivity index (χ4n) is 2.10. The third-order valence-electron chi connectivity index (χ3n) is 3.50. The molecule has 0 fully saturated rings. The summed E-state index contributed by atoms with van der Waals surface area (Å²) in [5.74, 6) is -0.750. The summed E-state index contributed by atoms with van der Waals surface area (Å²) in [5, 5.41) is 4.43. The molecule has 0 unspecified atom stereocenters. The molecule has 0 radical (unpaired) electrons. The second-order valence-electron chi connectivity index (χ2n) is 6.35. The minimum absolute atomic E-state index is 0.100. The number of anilines is 1. The number of methoxy groups -OCH3 is 1. The van der Waals surface area contributed by atoms with E-state index in [0.29, 0.717) is 10.6 Å². The van der Waals surface area contributed by atoms with Crippen molar-refractivity contribution in [3.8, 4) is 0 Å². The van der Waals surface area contributed by atoms with Gasteiger partial charge in [0, 0.05) is 6.08 Å². The Morgan fingerprint density at radius 2 is 1.79 bits per heavy atom. The summed E-state index contributed by atoms with van der Waals surface area (Å²) in [4.78, 5) is 24.0. The Kier molecular flexibility index (Phi) is 5.57. The monoisotopic (exact) mass is 343 g/mol. The molecule has 0 spiro atoms. The number of esters is 1. The van der Waals surface area contributed by atoms with Crippen molar-refractivity contribution in [1.29, 1.82) is 0 Å². The SMILES string of the molecule is COC(=O)c1sccc1NC(=O)/C=C/c1ccc(C(C)(C)C)cc1. The minimum atomic E-state index is -0.456. The van der Waals surface area contributed by atoms with E-state index < -0.39 is 5.97 Å². The van der Waals surface area contributed by atoms with Gasteiger partial charge in [-0.3, -0.25) is 4.79 Å². The van der Waals surface area contributed by atoms with E-state index in [9.17, 15) is 9.59 Å². The molecule has 1 aromatic carbocycles. The second-order valence-corrected chi connectivity index (χ2v) is 7.27. The topological polar surface area (TPSA) is 55.4 Å². The van der Waals surface area contributed by atoms with Crippen molar-refractivity contribution >= 4 is 35.0 Å². The van der Waals surface area contributed by atoms with Gasteiger partial charge in [0.1, 0.15) is 4.88 Å². The molecule has 0 saturated heterocycles. The van der Waals surface area contributed by atoms with Crippen LogP contribution in [-0.2, 0) is 14.9 Å². The van der Waals surface area contributed by atoms with Gasteiger partial charge in [-0.15, -0.1) is 11.3 Å². The van der Waals surface area contributed by atoms with Gasteiger partial charge in [0.2, 0.25) is 5.91 Å². The van der Waals surface area contributed by atoms with Crippen LogP contribution in [0.3, 0.4) is 0 Å². The van der Waals surface area contributed by atoms with Crippen LogP contribution in [0, 0.1) is 0 Å². The van der Waals surface area contributed by atoms with Gasteiger partial charge in [0.05, 0.1) is 12.8 Å². The Morgan fingerprint density at radius 3 is 2.38 bits per heavy atom. The molecule has 1 aromatic heterocycles. The Bertz CT molecular complexity index is 752. The first-order valence-electron chi connectivity index (χ1n) is 7.56. The van der Waals surface area contributed by atoms with Crippen molar-refractivity contribution in [3.63, 3.8) is 0 Å². The van der Waals surface area contributed by atoms with Crippen LogP contribution < -0.4 is 5.32 Å². The highest BCUT2D eigenvalue weighted by molar-refractivity contribution is 7.12. The van der Waals surface area contributed by atoms with Crippen LogP contribution in [0.4, 0.5) is 5.69 Å². The van der Waals surface area contributed by atoms with E-state index in [1.165, 1.54) is 30.1 Å². The number of nitrogens with one attached hydrogen (secondary N) is 1. The molecule has 1 heterocycles. The number of benzene rings is 1. The van der Waals surface area contributed by atoms with Crippen LogP contribution in [0.15, 0.2) is 41.8 Å². The zero-order valence-electron chi connectivity index (χ0n) is 14.3. The largest absolute Gasteiger partial charge is 0.465 e. The van der Waals surface area contributed by atoms with Crippen molar-refractivity contribution in [1.82, 2.24) is 0 Å². The van der Waals surface area contributed by atoms with E-state index in [1.54, 1.807) is 17.5 Å². The van der Waals surface area contributed by atoms with Crippen molar-refractivity contribution in [2.75, 3.05) is 12.4 Å². The number of carbonyl (C=O) groups is 2. The van der Waals surface area contributed by atoms with Crippen LogP contribution in [-0.4, -0.2) is 19.0 Å². The van der Waals surface area contributed by atoms with Crippen molar-refractivity contribution in [2.24, 2.45) is 0 Å². The van der Waals surface area contributed by atoms with E-state index in [2.05, 4.69) is 43.0 Å². The summed E-state index contributed by atoms with van der Waals surface area (Å²) in [5.41, 5.74) is 2.74. The zero-order chi connectivity index (χ0) is 17.7. The molecule has 2 aromatic rings. The summed E-state index contributed by atoms with van der Waals surface area (Å²) in [6, 6.07) is 9.77. The molecule has 0 aliphatic heterocycles. The fourth-order valence-corrected chi connectivity index (χ4v) is 2.86. The second kappa shape index (κ2) is 7.45. The minimum Gasteiger partial charge on any atom is -0.465 e. The molecule has 0 saturated carbocycles. The predicted octanol–water partition coefficient (Wildman–Crippen LogP) is 4.48. The first-order chi connectivity index (χ1) is 11.3. The molecular weight excluding hydrogens is 322 g/mol. The Morgan fingerprint density at radius 1 is 1.12 bits per heavy atom. The van der Waals surface area contributed by atoms with Gasteiger partial charge in [0.25, 0.3) is 0 Å². The maximum Gasteiger partial charge on any atom is 0.350 e. The lowest BCUT2D eigenvalue weighted by atomic mass is 9.87. The average Bonchev–Trinajstić information content (AvgIpc) is 3.00. The predicted molar refractivity (Wildman–Crippen MR) is 98.5 cm³/mol. The van der Waals surface area contributed by atoms with Crippen LogP contribution >= 0.6 is 11.3 Å². The smallest absolute Gasteiger partial charge is 0.350 e. The Balaban J connectivity index is 2.03. The van der Waals surface area contributed by atoms with Crippen LogP contribution in [0.2, 0.25) is 0 Å². The number of hydrogen-bond acceptors (Lipinski definition) is 4. The molecule has 2 rings (SSSR count). The Hall–Kier alpha value is -2.40. The maximum atomic E-state index is 12.0. The van der Waals surface area contributed by atoms with Gasteiger partial charge in [-0.2, -0.15) is 0 Å². The number of thiophene rings is 1. The lowest BCUT2D eigenvalue weighted by molar-refractivity contribution is -0.111. The quantitative estimate of drug-likeness (QED) is 0.657. The third kappa shape index (κ3) is 4.55. The molecule has 1 N–H and O–H groups in total. The van der Waals surface area contributed by atoms with Gasteiger partial charge in [-0.25, -0.2) is 4.79 Å². The molecule has 0 atom stereocenters. The van der Waals surface area contributed by atoms with Gasteiger partial charge in [-0.1, -0.05) is 45.0 Å². The molecule has 0 aliphatic rings. The summed E-state index contributed by atoms with van der Waals surface area (Å²) >= 11 is 1.23. The summed E-state index contributed by atoms with van der Waals surface area (Å²) in [7, 11) is 1.31. The standard InChI is InChI=1S/C19H21NO3S/c1-19(2,3)14-8-5-13(6-9-14)7-10-16(21)20-15-11-12-24-17(15)18(22)23-4/h5-12H,1-4H3,(H,20,21)/b10-7+. The van der Waals surface area contributed by atoms with Gasteiger partial charge in [0.15, 0.2) is 0 Å². The van der Waals surface area contributed by atoms with E-state index in [4.69, 9.17) is 0 Å². The summed E-state index contributed by atoms with van der Waals surface area (Å²) < 4.78 is 4.69. The summed E-state index contributed by atoms with van der Waals surface area (Å²) in [6.07, 6.45) is 3.19. The van der Waals surface area contributed by atoms with E-state index >= 15 is 0 Å². The van der Waals surface area contributed by atoms with E-state index in [1.807, 2.05) is 12.1 Å². The molecule has 126 valence electrons. The molecule has 0 bridgehead atoms. The van der Waals surface area contributed by atoms with Crippen LogP contribution in [0.1, 0.15) is 41.6 Å². The average molecular weight is 343 g/mol. The lowest BCUT2D eigenvalue weighted by Crippen LogP contribution is -2.11. The highest BCUT2D eigenvalue weighted by atomic mass is 32.1. The van der Waals surface area contributed by atoms with Crippen molar-refractivity contribution in [3.05, 3.63) is 57.8 Å². The number of hydrogen-bond donors (Lipinski definition) is 1. The molecule has 1 amide bonds. The number of rotatable bonds is 4. The van der Waals surface area contributed by atoms with Crippen molar-refractivity contribution in [2.45, 2.75) is 26.2 Å². The van der Waals surface area contributed by atoms with Crippen molar-refractivity contribution < 1.29 is 14.3 Å². The highest BCUT2D eigenvalue weighted by Crippen LogP contribution is 2.24. The van der Waals surface area contributed by atoms with Gasteiger partial charge in [-0.05, 0) is 34.1 Å². The first-order valence-corrected chi connectivity index (χ1v) is 8.44. The van der Waals surface area contributed by atoms with Gasteiger partial charge < -0.3 is 10.1 Å². The number of amides is 1. The third-order valence-corrected chi connectivity index (χ3v) is 4.39. The molecule has 0 aliphatic carbocycles. The van der Waals surface area contributed by atoms with Gasteiger partial charge >= 0.3 is 5.97 Å². The number of carbonyl (C=O) groups excluding carboxylic acids is 2. The normalized spacial score (nSPS) is 11.5.